The van der Waals surface area contributed by atoms with Crippen molar-refractivity contribution in [2.75, 3.05) is 0 Å². The van der Waals surface area contributed by atoms with Crippen LogP contribution >= 0.6 is 22.9 Å². The van der Waals surface area contributed by atoms with Gasteiger partial charge in [-0.3, -0.25) is 4.79 Å². The maximum Gasteiger partial charge on any atom is 0.306 e. The van der Waals surface area contributed by atoms with Gasteiger partial charge in [0.2, 0.25) is 0 Å². The summed E-state index contributed by atoms with van der Waals surface area (Å²) in [7, 11) is 0. The fourth-order valence-electron chi connectivity index (χ4n) is 2.03. The molecule has 1 atom stereocenters. The van der Waals surface area contributed by atoms with E-state index in [-0.39, 0.29) is 5.92 Å². The lowest BCUT2D eigenvalue weighted by atomic mass is 9.94. The molecule has 2 aromatic rings. The van der Waals surface area contributed by atoms with Gasteiger partial charge in [0.25, 0.3) is 0 Å². The predicted molar refractivity (Wildman–Crippen MR) is 78.9 cm³/mol. The highest BCUT2D eigenvalue weighted by atomic mass is 35.5. The van der Waals surface area contributed by atoms with E-state index in [1.165, 1.54) is 4.88 Å². The van der Waals surface area contributed by atoms with Crippen LogP contribution in [0.2, 0.25) is 5.02 Å². The molecule has 0 aliphatic carbocycles. The van der Waals surface area contributed by atoms with E-state index in [9.17, 15) is 9.90 Å². The van der Waals surface area contributed by atoms with E-state index in [0.717, 1.165) is 12.0 Å². The number of carboxylic acids is 1. The molecule has 0 saturated heterocycles. The average Bonchev–Trinajstić information content (AvgIpc) is 2.87. The molecule has 1 heterocycles. The molecule has 4 heteroatoms. The molecule has 0 aliphatic heterocycles. The molecular formula is C15H15ClO2S. The van der Waals surface area contributed by atoms with E-state index in [4.69, 9.17) is 11.6 Å². The zero-order chi connectivity index (χ0) is 13.7. The fraction of sp³-hybridized carbons (Fsp3) is 0.267. The van der Waals surface area contributed by atoms with Gasteiger partial charge in [0.15, 0.2) is 0 Å². The van der Waals surface area contributed by atoms with Gasteiger partial charge >= 0.3 is 5.97 Å². The van der Waals surface area contributed by atoms with Crippen LogP contribution in [0.15, 0.2) is 41.8 Å². The Balaban J connectivity index is 1.98. The predicted octanol–water partition coefficient (Wildman–Crippen LogP) is 4.28. The highest BCUT2D eigenvalue weighted by Crippen LogP contribution is 2.20. The Morgan fingerprint density at radius 3 is 2.79 bits per heavy atom. The lowest BCUT2D eigenvalue weighted by Gasteiger charge is -2.12. The second-order valence-corrected chi connectivity index (χ2v) is 5.96. The third-order valence-corrected chi connectivity index (χ3v) is 4.21. The first-order valence-electron chi connectivity index (χ1n) is 6.15. The standard InChI is InChI=1S/C15H15ClO2S/c16-13-4-1-3-11(10-13)9-12(15(17)18)6-7-14-5-2-8-19-14/h1-5,8,10,12H,6-7,9H2,(H,17,18). The number of hydrogen-bond donors (Lipinski definition) is 1. The first-order valence-corrected chi connectivity index (χ1v) is 7.40. The molecule has 1 aromatic heterocycles. The van der Waals surface area contributed by atoms with Gasteiger partial charge in [-0.1, -0.05) is 29.8 Å². The lowest BCUT2D eigenvalue weighted by molar-refractivity contribution is -0.141. The highest BCUT2D eigenvalue weighted by Gasteiger charge is 2.18. The van der Waals surface area contributed by atoms with Crippen LogP contribution in [-0.4, -0.2) is 11.1 Å². The van der Waals surface area contributed by atoms with Crippen molar-refractivity contribution in [3.63, 3.8) is 0 Å². The molecule has 0 spiro atoms. The molecule has 0 bridgehead atoms. The second kappa shape index (κ2) is 6.73. The minimum Gasteiger partial charge on any atom is -0.481 e. The zero-order valence-corrected chi connectivity index (χ0v) is 12.0. The van der Waals surface area contributed by atoms with E-state index in [0.29, 0.717) is 17.9 Å². The Bertz CT molecular complexity index is 537. The summed E-state index contributed by atoms with van der Waals surface area (Å²) in [5.74, 6) is -1.10. The average molecular weight is 295 g/mol. The van der Waals surface area contributed by atoms with Crippen LogP contribution in [0.3, 0.4) is 0 Å². The molecular weight excluding hydrogens is 280 g/mol. The van der Waals surface area contributed by atoms with Crippen molar-refractivity contribution in [2.24, 2.45) is 5.92 Å². The van der Waals surface area contributed by atoms with Crippen molar-refractivity contribution in [3.8, 4) is 0 Å². The molecule has 0 fully saturated rings. The molecule has 2 rings (SSSR count). The Hall–Kier alpha value is -1.32. The normalized spacial score (nSPS) is 12.3. The van der Waals surface area contributed by atoms with Gasteiger partial charge in [-0.15, -0.1) is 11.3 Å². The number of rotatable bonds is 6. The fourth-order valence-corrected chi connectivity index (χ4v) is 2.97. The molecule has 0 radical (unpaired) electrons. The maximum absolute atomic E-state index is 11.3. The van der Waals surface area contributed by atoms with Crippen molar-refractivity contribution in [2.45, 2.75) is 19.3 Å². The Labute approximate surface area is 121 Å². The SMILES string of the molecule is O=C(O)C(CCc1cccs1)Cc1cccc(Cl)c1. The molecule has 0 aliphatic rings. The van der Waals surface area contributed by atoms with E-state index >= 15 is 0 Å². The summed E-state index contributed by atoms with van der Waals surface area (Å²) < 4.78 is 0. The number of carboxylic acid groups (broad SMARTS) is 1. The number of hydrogen-bond acceptors (Lipinski definition) is 2. The zero-order valence-electron chi connectivity index (χ0n) is 10.4. The number of aryl methyl sites for hydroxylation is 1. The quantitative estimate of drug-likeness (QED) is 0.863. The van der Waals surface area contributed by atoms with Crippen molar-refractivity contribution >= 4 is 28.9 Å². The monoisotopic (exact) mass is 294 g/mol. The summed E-state index contributed by atoms with van der Waals surface area (Å²) in [5.41, 5.74) is 0.978. The summed E-state index contributed by atoms with van der Waals surface area (Å²) in [4.78, 5) is 12.6. The topological polar surface area (TPSA) is 37.3 Å². The number of benzene rings is 1. The molecule has 2 nitrogen and oxygen atoms in total. The van der Waals surface area contributed by atoms with Gasteiger partial charge in [-0.2, -0.15) is 0 Å². The molecule has 100 valence electrons. The first kappa shape index (κ1) is 14.1. The Kier molecular flexibility index (Phi) is 5.00. The number of aliphatic carboxylic acids is 1. The van der Waals surface area contributed by atoms with Crippen molar-refractivity contribution in [1.82, 2.24) is 0 Å². The summed E-state index contributed by atoms with van der Waals surface area (Å²) in [6, 6.07) is 11.5. The molecule has 1 N–H and O–H groups in total. The summed E-state index contributed by atoms with van der Waals surface area (Å²) in [5, 5.41) is 12.0. The van der Waals surface area contributed by atoms with E-state index in [2.05, 4.69) is 0 Å². The maximum atomic E-state index is 11.3. The van der Waals surface area contributed by atoms with Gasteiger partial charge in [0.05, 0.1) is 5.92 Å². The lowest BCUT2D eigenvalue weighted by Crippen LogP contribution is -2.17. The number of carbonyl (C=O) groups is 1. The van der Waals surface area contributed by atoms with Gasteiger partial charge < -0.3 is 5.11 Å². The Morgan fingerprint density at radius 1 is 1.32 bits per heavy atom. The third-order valence-electron chi connectivity index (χ3n) is 3.04. The second-order valence-electron chi connectivity index (χ2n) is 4.49. The molecule has 0 saturated carbocycles. The van der Waals surface area contributed by atoms with E-state index in [1.54, 1.807) is 17.4 Å². The molecule has 19 heavy (non-hydrogen) atoms. The van der Waals surface area contributed by atoms with Crippen LogP contribution in [0.1, 0.15) is 16.9 Å². The van der Waals surface area contributed by atoms with Crippen molar-refractivity contribution < 1.29 is 9.90 Å². The number of halogens is 1. The van der Waals surface area contributed by atoms with Crippen molar-refractivity contribution in [3.05, 3.63) is 57.2 Å². The Morgan fingerprint density at radius 2 is 2.16 bits per heavy atom. The van der Waals surface area contributed by atoms with Crippen LogP contribution in [-0.2, 0) is 17.6 Å². The summed E-state index contributed by atoms with van der Waals surface area (Å²) in [6.07, 6.45) is 2.00. The van der Waals surface area contributed by atoms with Crippen LogP contribution in [0.25, 0.3) is 0 Å². The smallest absolute Gasteiger partial charge is 0.306 e. The van der Waals surface area contributed by atoms with E-state index < -0.39 is 5.97 Å². The van der Waals surface area contributed by atoms with Gasteiger partial charge in [-0.05, 0) is 48.4 Å². The molecule has 1 aromatic carbocycles. The third kappa shape index (κ3) is 4.37. The molecule has 1 unspecified atom stereocenters. The minimum absolute atomic E-state index is 0.361. The highest BCUT2D eigenvalue weighted by molar-refractivity contribution is 7.09. The first-order chi connectivity index (χ1) is 9.15. The van der Waals surface area contributed by atoms with Crippen LogP contribution in [0.5, 0.6) is 0 Å². The van der Waals surface area contributed by atoms with Crippen LogP contribution in [0.4, 0.5) is 0 Å². The summed E-state index contributed by atoms with van der Waals surface area (Å²) in [6.45, 7) is 0. The van der Waals surface area contributed by atoms with E-state index in [1.807, 2.05) is 35.7 Å². The van der Waals surface area contributed by atoms with Gasteiger partial charge in [0.1, 0.15) is 0 Å². The number of thiophene rings is 1. The van der Waals surface area contributed by atoms with Gasteiger partial charge in [0, 0.05) is 9.90 Å². The largest absolute Gasteiger partial charge is 0.481 e. The molecule has 0 amide bonds. The van der Waals surface area contributed by atoms with Crippen molar-refractivity contribution in [1.29, 1.82) is 0 Å². The van der Waals surface area contributed by atoms with Crippen LogP contribution < -0.4 is 0 Å². The van der Waals surface area contributed by atoms with Gasteiger partial charge in [-0.25, -0.2) is 0 Å². The summed E-state index contributed by atoms with van der Waals surface area (Å²) >= 11 is 7.59. The minimum atomic E-state index is -0.739. The van der Waals surface area contributed by atoms with Crippen LogP contribution in [0, 0.1) is 5.92 Å².